The molecule has 0 fully saturated rings. The maximum absolute atomic E-state index is 14.5. The maximum Gasteiger partial charge on any atom is 0.170 e. The first-order valence-electron chi connectivity index (χ1n) is 6.79. The maximum atomic E-state index is 14.5. The van der Waals surface area contributed by atoms with Crippen LogP contribution in [-0.4, -0.2) is 18.6 Å². The van der Waals surface area contributed by atoms with Crippen LogP contribution in [0.1, 0.15) is 18.1 Å². The Balaban J connectivity index is 2.44. The molecular formula is C16H20FN3. The number of hydrogen-bond acceptors (Lipinski definition) is 3. The van der Waals surface area contributed by atoms with Gasteiger partial charge in [-0.1, -0.05) is 12.1 Å². The van der Waals surface area contributed by atoms with Crippen LogP contribution < -0.4 is 10.2 Å². The third-order valence-corrected chi connectivity index (χ3v) is 3.20. The van der Waals surface area contributed by atoms with Crippen molar-refractivity contribution < 1.29 is 4.39 Å². The number of aromatic nitrogens is 1. The zero-order chi connectivity index (χ0) is 14.5. The van der Waals surface area contributed by atoms with E-state index < -0.39 is 0 Å². The van der Waals surface area contributed by atoms with Crippen molar-refractivity contribution in [2.75, 3.05) is 18.5 Å². The lowest BCUT2D eigenvalue weighted by Crippen LogP contribution is -2.20. The lowest BCUT2D eigenvalue weighted by molar-refractivity contribution is 0.593. The highest BCUT2D eigenvalue weighted by Gasteiger charge is 2.16. The largest absolute Gasteiger partial charge is 0.324 e. The Hall–Kier alpha value is -1.94. The second kappa shape index (κ2) is 6.48. The van der Waals surface area contributed by atoms with E-state index in [-0.39, 0.29) is 5.82 Å². The zero-order valence-corrected chi connectivity index (χ0v) is 12.2. The Labute approximate surface area is 119 Å². The van der Waals surface area contributed by atoms with Gasteiger partial charge in [-0.25, -0.2) is 9.37 Å². The Kier molecular flexibility index (Phi) is 4.69. The number of benzene rings is 1. The van der Waals surface area contributed by atoms with Gasteiger partial charge in [-0.3, -0.25) is 0 Å². The summed E-state index contributed by atoms with van der Waals surface area (Å²) in [5, 5.41) is 2.97. The van der Waals surface area contributed by atoms with E-state index in [0.717, 1.165) is 11.3 Å². The second-order valence-corrected chi connectivity index (χ2v) is 4.72. The average molecular weight is 273 g/mol. The number of nitrogens with zero attached hydrogens (tertiary/aromatic N) is 2. The molecule has 0 saturated heterocycles. The van der Waals surface area contributed by atoms with Crippen LogP contribution >= 0.6 is 0 Å². The molecule has 106 valence electrons. The van der Waals surface area contributed by atoms with Crippen molar-refractivity contribution in [2.45, 2.75) is 20.4 Å². The van der Waals surface area contributed by atoms with E-state index in [1.54, 1.807) is 19.3 Å². The molecule has 20 heavy (non-hydrogen) atoms. The third-order valence-electron chi connectivity index (χ3n) is 3.20. The molecule has 0 unspecified atom stereocenters. The molecule has 0 aliphatic heterocycles. The van der Waals surface area contributed by atoms with Crippen molar-refractivity contribution in [2.24, 2.45) is 0 Å². The second-order valence-electron chi connectivity index (χ2n) is 4.72. The minimum Gasteiger partial charge on any atom is -0.324 e. The van der Waals surface area contributed by atoms with Gasteiger partial charge in [-0.2, -0.15) is 0 Å². The quantitative estimate of drug-likeness (QED) is 0.905. The predicted molar refractivity (Wildman–Crippen MR) is 80.8 cm³/mol. The summed E-state index contributed by atoms with van der Waals surface area (Å²) in [6.45, 7) is 5.18. The normalized spacial score (nSPS) is 10.6. The molecule has 1 aromatic heterocycles. The highest BCUT2D eigenvalue weighted by Crippen LogP contribution is 2.27. The van der Waals surface area contributed by atoms with E-state index in [1.807, 2.05) is 43.0 Å². The Bertz CT molecular complexity index is 584. The third kappa shape index (κ3) is 2.96. The number of aryl methyl sites for hydroxylation is 1. The molecule has 0 bridgehead atoms. The predicted octanol–water partition coefficient (Wildman–Crippen LogP) is 3.41. The summed E-state index contributed by atoms with van der Waals surface area (Å²) in [4.78, 5) is 6.11. The summed E-state index contributed by atoms with van der Waals surface area (Å²) in [6.07, 6.45) is 1.66. The molecule has 0 aliphatic rings. The highest BCUT2D eigenvalue weighted by molar-refractivity contribution is 5.61. The summed E-state index contributed by atoms with van der Waals surface area (Å²) in [5.41, 5.74) is 2.73. The highest BCUT2D eigenvalue weighted by atomic mass is 19.1. The van der Waals surface area contributed by atoms with E-state index in [9.17, 15) is 4.39 Å². The number of rotatable bonds is 5. The lowest BCUT2D eigenvalue weighted by Gasteiger charge is -2.23. The molecule has 0 saturated carbocycles. The minimum absolute atomic E-state index is 0.259. The van der Waals surface area contributed by atoms with Gasteiger partial charge in [0, 0.05) is 30.5 Å². The van der Waals surface area contributed by atoms with E-state index in [2.05, 4.69) is 10.3 Å². The smallest absolute Gasteiger partial charge is 0.170 e. The molecule has 0 atom stereocenters. The van der Waals surface area contributed by atoms with E-state index in [0.29, 0.717) is 24.5 Å². The molecule has 4 heteroatoms. The van der Waals surface area contributed by atoms with Crippen molar-refractivity contribution in [1.29, 1.82) is 0 Å². The van der Waals surface area contributed by atoms with Gasteiger partial charge in [0.05, 0.1) is 0 Å². The van der Waals surface area contributed by atoms with Gasteiger partial charge >= 0.3 is 0 Å². The molecule has 1 N–H and O–H groups in total. The molecule has 1 aromatic carbocycles. The molecule has 0 spiro atoms. The van der Waals surface area contributed by atoms with Gasteiger partial charge < -0.3 is 10.2 Å². The van der Waals surface area contributed by atoms with Gasteiger partial charge in [0.25, 0.3) is 0 Å². The number of halogens is 1. The summed E-state index contributed by atoms with van der Waals surface area (Å²) in [7, 11) is 1.80. The summed E-state index contributed by atoms with van der Waals surface area (Å²) < 4.78 is 14.5. The van der Waals surface area contributed by atoms with Gasteiger partial charge in [-0.15, -0.1) is 0 Å². The Morgan fingerprint density at radius 3 is 2.75 bits per heavy atom. The fraction of sp³-hybridized carbons (Fsp3) is 0.312. The zero-order valence-electron chi connectivity index (χ0n) is 12.2. The average Bonchev–Trinajstić information content (AvgIpc) is 2.44. The van der Waals surface area contributed by atoms with Crippen molar-refractivity contribution in [3.05, 3.63) is 53.5 Å². The van der Waals surface area contributed by atoms with Crippen LogP contribution in [0.15, 0.2) is 36.5 Å². The van der Waals surface area contributed by atoms with E-state index >= 15 is 0 Å². The summed E-state index contributed by atoms with van der Waals surface area (Å²) in [5.74, 6) is 0.121. The lowest BCUT2D eigenvalue weighted by atomic mass is 10.2. The van der Waals surface area contributed by atoms with Crippen LogP contribution in [0.25, 0.3) is 0 Å². The molecule has 0 radical (unpaired) electrons. The van der Waals surface area contributed by atoms with Crippen LogP contribution in [0.5, 0.6) is 0 Å². The van der Waals surface area contributed by atoms with E-state index in [4.69, 9.17) is 0 Å². The van der Waals surface area contributed by atoms with Crippen LogP contribution in [-0.2, 0) is 6.54 Å². The molecule has 1 heterocycles. The van der Waals surface area contributed by atoms with Crippen molar-refractivity contribution in [1.82, 2.24) is 10.3 Å². The molecule has 0 aliphatic carbocycles. The van der Waals surface area contributed by atoms with Gasteiger partial charge in [0.1, 0.15) is 0 Å². The molecule has 2 aromatic rings. The molecule has 2 rings (SSSR count). The summed E-state index contributed by atoms with van der Waals surface area (Å²) in [6, 6.07) is 9.72. The van der Waals surface area contributed by atoms with E-state index in [1.165, 1.54) is 0 Å². The van der Waals surface area contributed by atoms with Crippen LogP contribution in [0.4, 0.5) is 15.9 Å². The van der Waals surface area contributed by atoms with Crippen molar-refractivity contribution in [3.8, 4) is 0 Å². The van der Waals surface area contributed by atoms with Crippen molar-refractivity contribution in [3.63, 3.8) is 0 Å². The molecule has 3 nitrogen and oxygen atoms in total. The van der Waals surface area contributed by atoms with Crippen LogP contribution in [0.3, 0.4) is 0 Å². The topological polar surface area (TPSA) is 28.2 Å². The summed E-state index contributed by atoms with van der Waals surface area (Å²) >= 11 is 0. The van der Waals surface area contributed by atoms with Crippen molar-refractivity contribution >= 4 is 11.5 Å². The number of anilines is 2. The number of hydrogen-bond donors (Lipinski definition) is 1. The molecule has 0 amide bonds. The van der Waals surface area contributed by atoms with Crippen LogP contribution in [0.2, 0.25) is 0 Å². The monoisotopic (exact) mass is 273 g/mol. The first kappa shape index (κ1) is 14.5. The number of pyridine rings is 1. The Morgan fingerprint density at radius 1 is 1.30 bits per heavy atom. The SMILES string of the molecule is CCN(c1cccc(C)c1)c1nccc(CNC)c1F. The standard InChI is InChI=1S/C16H20FN3/c1-4-20(14-7-5-6-12(2)10-14)16-15(17)13(11-18-3)8-9-19-16/h5-10,18H,4,11H2,1-3H3. The van der Waals surface area contributed by atoms with Gasteiger partial charge in [-0.05, 0) is 44.7 Å². The fourth-order valence-corrected chi connectivity index (χ4v) is 2.24. The first-order chi connectivity index (χ1) is 9.67. The Morgan fingerprint density at radius 2 is 2.10 bits per heavy atom. The number of nitrogens with one attached hydrogen (secondary N) is 1. The molecular weight excluding hydrogens is 253 g/mol. The van der Waals surface area contributed by atoms with Crippen LogP contribution in [0, 0.1) is 12.7 Å². The first-order valence-corrected chi connectivity index (χ1v) is 6.79. The van der Waals surface area contributed by atoms with Gasteiger partial charge in [0.15, 0.2) is 11.6 Å². The fourth-order valence-electron chi connectivity index (χ4n) is 2.24. The minimum atomic E-state index is -0.259. The van der Waals surface area contributed by atoms with Gasteiger partial charge in [0.2, 0.25) is 0 Å².